The molecule has 106 valence electrons. The molecule has 0 spiro atoms. The van der Waals surface area contributed by atoms with E-state index >= 15 is 0 Å². The van der Waals surface area contributed by atoms with Gasteiger partial charge in [0.25, 0.3) is 0 Å². The smallest absolute Gasteiger partial charge is 0.309 e. The van der Waals surface area contributed by atoms with E-state index in [9.17, 15) is 4.79 Å². The van der Waals surface area contributed by atoms with Crippen LogP contribution in [-0.4, -0.2) is 28.6 Å². The first-order valence-corrected chi connectivity index (χ1v) is 7.61. The molecular weight excluding hydrogens is 272 g/mol. The standard InChI is InChI=1S/C15H18N2O2S/c1-12(15(18)19-2)10-20-11-13-8-9-17(16-13)14-6-4-3-5-7-14/h3-9,12H,10-11H2,1-2H3. The van der Waals surface area contributed by atoms with E-state index in [4.69, 9.17) is 4.74 Å². The lowest BCUT2D eigenvalue weighted by molar-refractivity contribution is -0.143. The largest absolute Gasteiger partial charge is 0.469 e. The number of nitrogens with zero attached hydrogens (tertiary/aromatic N) is 2. The molecule has 5 heteroatoms. The Morgan fingerprint density at radius 1 is 1.35 bits per heavy atom. The number of methoxy groups -OCH3 is 1. The van der Waals surface area contributed by atoms with Crippen molar-refractivity contribution >= 4 is 17.7 Å². The van der Waals surface area contributed by atoms with E-state index in [0.717, 1.165) is 22.9 Å². The van der Waals surface area contributed by atoms with Crippen molar-refractivity contribution in [1.29, 1.82) is 0 Å². The van der Waals surface area contributed by atoms with Crippen molar-refractivity contribution in [1.82, 2.24) is 9.78 Å². The van der Waals surface area contributed by atoms with Gasteiger partial charge in [0.15, 0.2) is 0 Å². The molecule has 1 atom stereocenters. The lowest BCUT2D eigenvalue weighted by Gasteiger charge is -2.07. The van der Waals surface area contributed by atoms with Gasteiger partial charge in [-0.1, -0.05) is 25.1 Å². The van der Waals surface area contributed by atoms with Gasteiger partial charge in [0.05, 0.1) is 24.4 Å². The first-order valence-electron chi connectivity index (χ1n) is 6.46. The molecule has 0 radical (unpaired) electrons. The number of thioether (sulfide) groups is 1. The van der Waals surface area contributed by atoms with E-state index in [0.29, 0.717) is 0 Å². The Kier molecular flexibility index (Phi) is 5.24. The van der Waals surface area contributed by atoms with Gasteiger partial charge < -0.3 is 4.74 Å². The van der Waals surface area contributed by atoms with Gasteiger partial charge in [0.2, 0.25) is 0 Å². The summed E-state index contributed by atoms with van der Waals surface area (Å²) in [7, 11) is 1.42. The second-order valence-corrected chi connectivity index (χ2v) is 5.56. The molecule has 0 aliphatic carbocycles. The number of benzene rings is 1. The van der Waals surface area contributed by atoms with Crippen molar-refractivity contribution < 1.29 is 9.53 Å². The Morgan fingerprint density at radius 3 is 2.80 bits per heavy atom. The van der Waals surface area contributed by atoms with Gasteiger partial charge in [-0.25, -0.2) is 4.68 Å². The maximum atomic E-state index is 11.3. The van der Waals surface area contributed by atoms with Gasteiger partial charge in [0.1, 0.15) is 0 Å². The highest BCUT2D eigenvalue weighted by molar-refractivity contribution is 7.98. The summed E-state index contributed by atoms with van der Waals surface area (Å²) in [4.78, 5) is 11.3. The number of esters is 1. The summed E-state index contributed by atoms with van der Waals surface area (Å²) < 4.78 is 6.57. The molecule has 0 saturated heterocycles. The fourth-order valence-corrected chi connectivity index (χ4v) is 2.74. The SMILES string of the molecule is COC(=O)C(C)CSCc1ccn(-c2ccccc2)n1. The second-order valence-electron chi connectivity index (χ2n) is 4.53. The summed E-state index contributed by atoms with van der Waals surface area (Å²) in [6, 6.07) is 12.0. The molecule has 0 N–H and O–H groups in total. The minimum atomic E-state index is -0.160. The first-order chi connectivity index (χ1) is 9.70. The number of aromatic nitrogens is 2. The summed E-state index contributed by atoms with van der Waals surface area (Å²) >= 11 is 1.69. The predicted octanol–water partition coefficient (Wildman–Crippen LogP) is 2.91. The second kappa shape index (κ2) is 7.14. The van der Waals surface area contributed by atoms with Crippen molar-refractivity contribution in [3.05, 3.63) is 48.3 Å². The van der Waals surface area contributed by atoms with Crippen molar-refractivity contribution in [3.8, 4) is 5.69 Å². The summed E-state index contributed by atoms with van der Waals surface area (Å²) in [5.74, 6) is 1.29. The molecule has 20 heavy (non-hydrogen) atoms. The summed E-state index contributed by atoms with van der Waals surface area (Å²) in [6.45, 7) is 1.88. The van der Waals surface area contributed by atoms with Crippen molar-refractivity contribution in [3.63, 3.8) is 0 Å². The minimum Gasteiger partial charge on any atom is -0.469 e. The molecular formula is C15H18N2O2S. The Morgan fingerprint density at radius 2 is 2.10 bits per heavy atom. The third kappa shape index (κ3) is 3.87. The molecule has 0 saturated carbocycles. The van der Waals surface area contributed by atoms with Gasteiger partial charge in [-0.3, -0.25) is 4.79 Å². The lowest BCUT2D eigenvalue weighted by Crippen LogP contribution is -2.14. The number of hydrogen-bond acceptors (Lipinski definition) is 4. The molecule has 0 fully saturated rings. The number of carbonyl (C=O) groups is 1. The fraction of sp³-hybridized carbons (Fsp3) is 0.333. The number of ether oxygens (including phenoxy) is 1. The van der Waals surface area contributed by atoms with E-state index < -0.39 is 0 Å². The number of hydrogen-bond donors (Lipinski definition) is 0. The Bertz CT molecular complexity index is 554. The molecule has 4 nitrogen and oxygen atoms in total. The van der Waals surface area contributed by atoms with E-state index in [-0.39, 0.29) is 11.9 Å². The van der Waals surface area contributed by atoms with Gasteiger partial charge >= 0.3 is 5.97 Å². The van der Waals surface area contributed by atoms with E-state index in [2.05, 4.69) is 5.10 Å². The Balaban J connectivity index is 1.86. The van der Waals surface area contributed by atoms with Crippen LogP contribution in [0, 0.1) is 5.92 Å². The van der Waals surface area contributed by atoms with Crippen LogP contribution in [0.2, 0.25) is 0 Å². The molecule has 0 amide bonds. The van der Waals surface area contributed by atoms with E-state index in [1.807, 2.05) is 54.2 Å². The van der Waals surface area contributed by atoms with E-state index in [1.54, 1.807) is 11.8 Å². The number of para-hydroxylation sites is 1. The highest BCUT2D eigenvalue weighted by Gasteiger charge is 2.13. The lowest BCUT2D eigenvalue weighted by atomic mass is 10.2. The van der Waals surface area contributed by atoms with Crippen LogP contribution in [0.5, 0.6) is 0 Å². The molecule has 2 rings (SSSR count). The average Bonchev–Trinajstić information content (AvgIpc) is 2.96. The molecule has 0 bridgehead atoms. The third-order valence-electron chi connectivity index (χ3n) is 2.89. The predicted molar refractivity (Wildman–Crippen MR) is 80.9 cm³/mol. The molecule has 1 unspecified atom stereocenters. The maximum Gasteiger partial charge on any atom is 0.309 e. The van der Waals surface area contributed by atoms with Gasteiger partial charge in [-0.2, -0.15) is 16.9 Å². The van der Waals surface area contributed by atoms with Crippen LogP contribution in [0.3, 0.4) is 0 Å². The third-order valence-corrected chi connectivity index (χ3v) is 4.12. The van der Waals surface area contributed by atoms with Crippen LogP contribution in [0.25, 0.3) is 5.69 Å². The highest BCUT2D eigenvalue weighted by Crippen LogP contribution is 2.16. The summed E-state index contributed by atoms with van der Waals surface area (Å²) in [5, 5.41) is 4.52. The molecule has 0 aliphatic heterocycles. The monoisotopic (exact) mass is 290 g/mol. The molecule has 2 aromatic rings. The molecule has 0 aliphatic rings. The average molecular weight is 290 g/mol. The van der Waals surface area contributed by atoms with Gasteiger partial charge in [-0.05, 0) is 18.2 Å². The normalized spacial score (nSPS) is 12.1. The molecule has 1 aromatic carbocycles. The van der Waals surface area contributed by atoms with Crippen LogP contribution in [-0.2, 0) is 15.3 Å². The molecule has 1 aromatic heterocycles. The Labute approximate surface area is 123 Å². The molecule has 1 heterocycles. The maximum absolute atomic E-state index is 11.3. The zero-order chi connectivity index (χ0) is 14.4. The van der Waals surface area contributed by atoms with Crippen LogP contribution >= 0.6 is 11.8 Å². The van der Waals surface area contributed by atoms with Crippen molar-refractivity contribution in [2.45, 2.75) is 12.7 Å². The minimum absolute atomic E-state index is 0.0822. The van der Waals surface area contributed by atoms with Gasteiger partial charge in [-0.15, -0.1) is 0 Å². The van der Waals surface area contributed by atoms with Crippen LogP contribution in [0.1, 0.15) is 12.6 Å². The van der Waals surface area contributed by atoms with Gasteiger partial charge in [0, 0.05) is 17.7 Å². The highest BCUT2D eigenvalue weighted by atomic mass is 32.2. The fourth-order valence-electron chi connectivity index (χ4n) is 1.77. The van der Waals surface area contributed by atoms with Crippen LogP contribution in [0.4, 0.5) is 0 Å². The Hall–Kier alpha value is -1.75. The summed E-state index contributed by atoms with van der Waals surface area (Å²) in [5.41, 5.74) is 2.06. The topological polar surface area (TPSA) is 44.1 Å². The number of carbonyl (C=O) groups excluding carboxylic acids is 1. The zero-order valence-corrected chi connectivity index (χ0v) is 12.5. The number of rotatable bonds is 6. The van der Waals surface area contributed by atoms with Crippen molar-refractivity contribution in [2.75, 3.05) is 12.9 Å². The quantitative estimate of drug-likeness (QED) is 0.767. The van der Waals surface area contributed by atoms with Crippen LogP contribution in [0.15, 0.2) is 42.6 Å². The summed E-state index contributed by atoms with van der Waals surface area (Å²) in [6.07, 6.45) is 1.95. The van der Waals surface area contributed by atoms with Crippen molar-refractivity contribution in [2.24, 2.45) is 5.92 Å². The van der Waals surface area contributed by atoms with Crippen LogP contribution < -0.4 is 0 Å². The van der Waals surface area contributed by atoms with E-state index in [1.165, 1.54) is 7.11 Å². The zero-order valence-electron chi connectivity index (χ0n) is 11.7. The first kappa shape index (κ1) is 14.7.